The molecule has 2 fully saturated rings. The van der Waals surface area contributed by atoms with Crippen LogP contribution in [0, 0.1) is 6.92 Å². The van der Waals surface area contributed by atoms with Gasteiger partial charge in [0.05, 0.1) is 12.7 Å². The first kappa shape index (κ1) is 14.6. The molecule has 1 unspecified atom stereocenters. The highest BCUT2D eigenvalue weighted by Crippen LogP contribution is 2.37. The molecule has 1 N–H and O–H groups in total. The average Bonchev–Trinajstić information content (AvgIpc) is 2.35. The molecule has 7 heteroatoms. The number of hydrogen-bond acceptors (Lipinski definition) is 5. The molecule has 2 rings (SSSR count). The van der Waals surface area contributed by atoms with E-state index in [0.29, 0.717) is 6.61 Å². The highest BCUT2D eigenvalue weighted by atomic mass is 28.5. The van der Waals surface area contributed by atoms with Crippen molar-refractivity contribution in [3.8, 4) is 0 Å². The van der Waals surface area contributed by atoms with E-state index in [2.05, 4.69) is 0 Å². The molecule has 104 valence electrons. The Morgan fingerprint density at radius 3 is 2.44 bits per heavy atom. The van der Waals surface area contributed by atoms with Gasteiger partial charge in [-0.05, 0) is 40.0 Å². The average molecular weight is 290 g/mol. The van der Waals surface area contributed by atoms with Crippen molar-refractivity contribution in [3.05, 3.63) is 6.92 Å². The summed E-state index contributed by atoms with van der Waals surface area (Å²) in [7, 11) is -4.57. The summed E-state index contributed by atoms with van der Waals surface area (Å²) in [5, 5.41) is 10.4. The summed E-state index contributed by atoms with van der Waals surface area (Å²) < 4.78 is 23.5. The number of rotatable bonds is 0. The highest BCUT2D eigenvalue weighted by Gasteiger charge is 2.56. The molecule has 0 aromatic rings. The summed E-state index contributed by atoms with van der Waals surface area (Å²) in [6.45, 7) is 15.7. The van der Waals surface area contributed by atoms with Crippen molar-refractivity contribution in [2.45, 2.75) is 57.0 Å². The lowest BCUT2D eigenvalue weighted by Crippen LogP contribution is -2.59. The van der Waals surface area contributed by atoms with Crippen LogP contribution in [0.25, 0.3) is 0 Å². The Hall–Kier alpha value is 0.234. The SMILES string of the molecule is [CH][C@@H]1O[C@H]2CO[Si](C)(C)O[Si](C)(C)O[C@@H]2C1(C)O. The van der Waals surface area contributed by atoms with Gasteiger partial charge in [0.15, 0.2) is 0 Å². The Kier molecular flexibility index (Phi) is 3.55. The third-order valence-corrected chi connectivity index (χ3v) is 8.92. The molecule has 2 radical (unpaired) electrons. The van der Waals surface area contributed by atoms with Crippen molar-refractivity contribution in [2.75, 3.05) is 6.61 Å². The molecule has 18 heavy (non-hydrogen) atoms. The fraction of sp³-hybridized carbons (Fsp3) is 0.909. The molecule has 2 heterocycles. The van der Waals surface area contributed by atoms with Gasteiger partial charge in [-0.1, -0.05) is 0 Å². The van der Waals surface area contributed by atoms with Crippen molar-refractivity contribution < 1.29 is 22.8 Å². The molecule has 0 saturated carbocycles. The first-order chi connectivity index (χ1) is 8.04. The standard InChI is InChI=1S/C11H22O5Si2/c1-8-11(2,12)10-9(14-8)7-13-17(3,4)16-18(5,6)15-10/h1,8-10,12H,7H2,2-6H3/t8-,9-,10-,11?/m0/s1. The van der Waals surface area contributed by atoms with Crippen LogP contribution in [-0.4, -0.2) is 52.7 Å². The van der Waals surface area contributed by atoms with Crippen molar-refractivity contribution in [2.24, 2.45) is 0 Å². The van der Waals surface area contributed by atoms with E-state index in [1.807, 2.05) is 26.2 Å². The first-order valence-electron chi connectivity index (χ1n) is 6.19. The summed E-state index contributed by atoms with van der Waals surface area (Å²) in [5.74, 6) is 0. The van der Waals surface area contributed by atoms with E-state index in [-0.39, 0.29) is 6.10 Å². The second kappa shape index (κ2) is 4.37. The summed E-state index contributed by atoms with van der Waals surface area (Å²) in [4.78, 5) is 0. The van der Waals surface area contributed by atoms with Crippen molar-refractivity contribution in [1.29, 1.82) is 0 Å². The van der Waals surface area contributed by atoms with Crippen LogP contribution in [0.15, 0.2) is 0 Å². The summed E-state index contributed by atoms with van der Waals surface area (Å²) in [6.07, 6.45) is -1.60. The zero-order chi connectivity index (χ0) is 13.8. The summed E-state index contributed by atoms with van der Waals surface area (Å²) in [6, 6.07) is 0. The quantitative estimate of drug-likeness (QED) is 0.676. The van der Waals surface area contributed by atoms with Crippen LogP contribution < -0.4 is 0 Å². The lowest BCUT2D eigenvalue weighted by atomic mass is 9.94. The van der Waals surface area contributed by atoms with Crippen LogP contribution >= 0.6 is 0 Å². The monoisotopic (exact) mass is 290 g/mol. The normalized spacial score (nSPS) is 47.2. The van der Waals surface area contributed by atoms with E-state index in [4.69, 9.17) is 24.6 Å². The minimum Gasteiger partial charge on any atom is -0.415 e. The van der Waals surface area contributed by atoms with Crippen LogP contribution in [0.2, 0.25) is 26.2 Å². The van der Waals surface area contributed by atoms with Crippen LogP contribution in [0.1, 0.15) is 6.92 Å². The maximum Gasteiger partial charge on any atom is 0.323 e. The first-order valence-corrected chi connectivity index (χ1v) is 11.8. The van der Waals surface area contributed by atoms with Gasteiger partial charge in [-0.2, -0.15) is 0 Å². The third kappa shape index (κ3) is 2.72. The molecular weight excluding hydrogens is 268 g/mol. The van der Waals surface area contributed by atoms with Gasteiger partial charge in [0.1, 0.15) is 17.8 Å². The van der Waals surface area contributed by atoms with E-state index in [9.17, 15) is 5.11 Å². The van der Waals surface area contributed by atoms with Gasteiger partial charge in [-0.15, -0.1) is 0 Å². The third-order valence-electron chi connectivity index (χ3n) is 3.31. The van der Waals surface area contributed by atoms with Crippen LogP contribution in [0.5, 0.6) is 0 Å². The molecule has 0 aromatic heterocycles. The van der Waals surface area contributed by atoms with E-state index in [1.165, 1.54) is 0 Å². The summed E-state index contributed by atoms with van der Waals surface area (Å²) in [5.41, 5.74) is -1.22. The zero-order valence-electron chi connectivity index (χ0n) is 11.6. The van der Waals surface area contributed by atoms with Crippen molar-refractivity contribution in [3.63, 3.8) is 0 Å². The Morgan fingerprint density at radius 1 is 1.22 bits per heavy atom. The molecule has 0 aliphatic carbocycles. The Balaban J connectivity index is 2.25. The maximum absolute atomic E-state index is 10.4. The molecule has 4 atom stereocenters. The predicted octanol–water partition coefficient (Wildman–Crippen LogP) is 1.05. The topological polar surface area (TPSA) is 57.2 Å². The largest absolute Gasteiger partial charge is 0.415 e. The second-order valence-electron chi connectivity index (χ2n) is 6.07. The van der Waals surface area contributed by atoms with Crippen LogP contribution in [0.4, 0.5) is 0 Å². The Morgan fingerprint density at radius 2 is 1.83 bits per heavy atom. The highest BCUT2D eigenvalue weighted by molar-refractivity contribution is 6.78. The van der Waals surface area contributed by atoms with E-state index < -0.39 is 34.9 Å². The zero-order valence-corrected chi connectivity index (χ0v) is 13.6. The van der Waals surface area contributed by atoms with Crippen LogP contribution in [0.3, 0.4) is 0 Å². The number of fused-ring (bicyclic) bond motifs is 1. The van der Waals surface area contributed by atoms with Crippen LogP contribution in [-0.2, 0) is 17.7 Å². The van der Waals surface area contributed by atoms with E-state index in [0.717, 1.165) is 0 Å². The second-order valence-corrected chi connectivity index (χ2v) is 13.0. The minimum absolute atomic E-state index is 0.336. The van der Waals surface area contributed by atoms with Gasteiger partial charge >= 0.3 is 17.1 Å². The molecule has 0 spiro atoms. The van der Waals surface area contributed by atoms with Gasteiger partial charge in [0.25, 0.3) is 0 Å². The van der Waals surface area contributed by atoms with Crippen molar-refractivity contribution in [1.82, 2.24) is 0 Å². The van der Waals surface area contributed by atoms with Gasteiger partial charge in [0.2, 0.25) is 0 Å². The molecular formula is C11H22O5Si2. The number of aliphatic hydroxyl groups is 1. The van der Waals surface area contributed by atoms with Gasteiger partial charge in [0, 0.05) is 0 Å². The predicted molar refractivity (Wildman–Crippen MR) is 70.5 cm³/mol. The maximum atomic E-state index is 10.4. The fourth-order valence-corrected chi connectivity index (χ4v) is 9.22. The van der Waals surface area contributed by atoms with Gasteiger partial charge in [-0.25, -0.2) is 0 Å². The lowest BCUT2D eigenvalue weighted by molar-refractivity contribution is -0.0549. The Bertz CT molecular complexity index is 331. The molecule has 5 nitrogen and oxygen atoms in total. The van der Waals surface area contributed by atoms with E-state index >= 15 is 0 Å². The molecule has 2 aliphatic rings. The Labute approximate surface area is 111 Å². The molecule has 2 saturated heterocycles. The van der Waals surface area contributed by atoms with Gasteiger partial charge < -0.3 is 22.8 Å². The number of ether oxygens (including phenoxy) is 1. The molecule has 2 aliphatic heterocycles. The van der Waals surface area contributed by atoms with Crippen molar-refractivity contribution >= 4 is 17.1 Å². The molecule has 0 aromatic carbocycles. The van der Waals surface area contributed by atoms with Gasteiger partial charge in [-0.3, -0.25) is 0 Å². The number of hydrogen-bond donors (Lipinski definition) is 1. The fourth-order valence-electron chi connectivity index (χ4n) is 2.49. The van der Waals surface area contributed by atoms with E-state index in [1.54, 1.807) is 6.92 Å². The lowest BCUT2D eigenvalue weighted by Gasteiger charge is -2.41. The molecule has 0 bridgehead atoms. The molecule has 0 amide bonds. The minimum atomic E-state index is -2.37. The summed E-state index contributed by atoms with van der Waals surface area (Å²) >= 11 is 0. The smallest absolute Gasteiger partial charge is 0.323 e.